The Kier molecular flexibility index (Phi) is 4.61. The van der Waals surface area contributed by atoms with Crippen molar-refractivity contribution >= 4 is 9.84 Å². The zero-order valence-electron chi connectivity index (χ0n) is 12.4. The lowest BCUT2D eigenvalue weighted by atomic mass is 9.71. The Hall–Kier alpha value is -0.0900. The second-order valence-corrected chi connectivity index (χ2v) is 9.41. The van der Waals surface area contributed by atoms with Crippen LogP contribution in [0.25, 0.3) is 0 Å². The molecular weight excluding hydrogens is 258 g/mol. The largest absolute Gasteiger partial charge is 0.325 e. The average molecular weight is 287 g/mol. The molecular formula is C15H29NO2S. The van der Waals surface area contributed by atoms with E-state index in [0.717, 1.165) is 44.4 Å². The van der Waals surface area contributed by atoms with Crippen molar-refractivity contribution in [2.45, 2.75) is 75.5 Å². The molecule has 19 heavy (non-hydrogen) atoms. The molecule has 0 bridgehead atoms. The number of rotatable bonds is 2. The van der Waals surface area contributed by atoms with Gasteiger partial charge in [-0.1, -0.05) is 26.2 Å². The molecule has 4 unspecified atom stereocenters. The summed E-state index contributed by atoms with van der Waals surface area (Å²) < 4.78 is 23.6. The van der Waals surface area contributed by atoms with Gasteiger partial charge in [0.05, 0.1) is 5.25 Å². The third-order valence-corrected chi connectivity index (χ3v) is 7.13. The van der Waals surface area contributed by atoms with Crippen molar-refractivity contribution in [3.8, 4) is 0 Å². The highest BCUT2D eigenvalue weighted by Gasteiger charge is 2.40. The predicted octanol–water partition coefficient (Wildman–Crippen LogP) is 2.89. The maximum Gasteiger partial charge on any atom is 0.150 e. The van der Waals surface area contributed by atoms with E-state index in [4.69, 9.17) is 5.73 Å². The lowest BCUT2D eigenvalue weighted by Crippen LogP contribution is -2.49. The standard InChI is InChI=1S/C15H29NO2S/c1-12-5-4-9-15(16,10-8-12)13-6-3-7-14(11-13)19(2,17)18/h12-14H,3-11,16H2,1-2H3. The van der Waals surface area contributed by atoms with E-state index in [1.807, 2.05) is 0 Å². The third-order valence-electron chi connectivity index (χ3n) is 5.49. The first-order valence-corrected chi connectivity index (χ1v) is 9.74. The summed E-state index contributed by atoms with van der Waals surface area (Å²) in [7, 11) is -2.90. The number of nitrogens with two attached hydrogens (primary N) is 1. The Labute approximate surface area is 118 Å². The van der Waals surface area contributed by atoms with Crippen molar-refractivity contribution in [3.05, 3.63) is 0 Å². The van der Waals surface area contributed by atoms with Crippen molar-refractivity contribution in [2.24, 2.45) is 17.6 Å². The summed E-state index contributed by atoms with van der Waals surface area (Å²) in [6.07, 6.45) is 11.0. The van der Waals surface area contributed by atoms with Gasteiger partial charge in [0.25, 0.3) is 0 Å². The van der Waals surface area contributed by atoms with Crippen LogP contribution in [0.2, 0.25) is 0 Å². The van der Waals surface area contributed by atoms with Gasteiger partial charge in [-0.3, -0.25) is 0 Å². The van der Waals surface area contributed by atoms with Crippen LogP contribution >= 0.6 is 0 Å². The highest BCUT2D eigenvalue weighted by molar-refractivity contribution is 7.91. The van der Waals surface area contributed by atoms with Gasteiger partial charge >= 0.3 is 0 Å². The van der Waals surface area contributed by atoms with E-state index in [2.05, 4.69) is 6.92 Å². The van der Waals surface area contributed by atoms with Crippen molar-refractivity contribution in [2.75, 3.05) is 6.26 Å². The molecule has 0 radical (unpaired) electrons. The summed E-state index contributed by atoms with van der Waals surface area (Å²) in [6.45, 7) is 2.31. The van der Waals surface area contributed by atoms with Gasteiger partial charge in [0, 0.05) is 11.8 Å². The lowest BCUT2D eigenvalue weighted by molar-refractivity contribution is 0.183. The summed E-state index contributed by atoms with van der Waals surface area (Å²) in [5.74, 6) is 1.19. The Bertz CT molecular complexity index is 406. The van der Waals surface area contributed by atoms with Crippen molar-refractivity contribution in [1.82, 2.24) is 0 Å². The van der Waals surface area contributed by atoms with Gasteiger partial charge in [0.15, 0.2) is 0 Å². The van der Waals surface area contributed by atoms with Crippen LogP contribution in [-0.4, -0.2) is 25.5 Å². The fraction of sp³-hybridized carbons (Fsp3) is 1.00. The van der Waals surface area contributed by atoms with Gasteiger partial charge in [-0.05, 0) is 50.4 Å². The maximum atomic E-state index is 11.8. The van der Waals surface area contributed by atoms with Crippen LogP contribution in [0.5, 0.6) is 0 Å². The first kappa shape index (κ1) is 15.3. The minimum Gasteiger partial charge on any atom is -0.325 e. The highest BCUT2D eigenvalue weighted by Crippen LogP contribution is 2.41. The van der Waals surface area contributed by atoms with Crippen LogP contribution in [0.3, 0.4) is 0 Å². The molecule has 112 valence electrons. The molecule has 0 aliphatic heterocycles. The second kappa shape index (κ2) is 5.72. The topological polar surface area (TPSA) is 60.2 Å². The molecule has 2 aliphatic carbocycles. The fourth-order valence-electron chi connectivity index (χ4n) is 4.03. The molecule has 4 heteroatoms. The molecule has 2 rings (SSSR count). The zero-order valence-corrected chi connectivity index (χ0v) is 13.2. The number of hydrogen-bond donors (Lipinski definition) is 1. The van der Waals surface area contributed by atoms with Crippen LogP contribution in [0.1, 0.15) is 64.7 Å². The number of sulfone groups is 1. The van der Waals surface area contributed by atoms with Gasteiger partial charge in [0.2, 0.25) is 0 Å². The van der Waals surface area contributed by atoms with Gasteiger partial charge in [-0.15, -0.1) is 0 Å². The first-order chi connectivity index (χ1) is 8.81. The van der Waals surface area contributed by atoms with E-state index in [1.165, 1.54) is 25.5 Å². The molecule has 0 aromatic carbocycles. The minimum absolute atomic E-state index is 0.103. The first-order valence-electron chi connectivity index (χ1n) is 7.79. The van der Waals surface area contributed by atoms with Gasteiger partial charge in [-0.2, -0.15) is 0 Å². The molecule has 2 aliphatic rings. The van der Waals surface area contributed by atoms with Crippen molar-refractivity contribution in [3.63, 3.8) is 0 Å². The molecule has 0 amide bonds. The Morgan fingerprint density at radius 2 is 1.79 bits per heavy atom. The highest BCUT2D eigenvalue weighted by atomic mass is 32.2. The van der Waals surface area contributed by atoms with Crippen LogP contribution < -0.4 is 5.73 Å². The number of hydrogen-bond acceptors (Lipinski definition) is 3. The Morgan fingerprint density at radius 1 is 1.05 bits per heavy atom. The normalized spacial score (nSPS) is 41.7. The summed E-state index contributed by atoms with van der Waals surface area (Å²) in [5.41, 5.74) is 6.60. The molecule has 0 spiro atoms. The van der Waals surface area contributed by atoms with E-state index >= 15 is 0 Å². The van der Waals surface area contributed by atoms with Gasteiger partial charge in [-0.25, -0.2) is 8.42 Å². The monoisotopic (exact) mass is 287 g/mol. The van der Waals surface area contributed by atoms with Crippen LogP contribution in [-0.2, 0) is 9.84 Å². The fourth-order valence-corrected chi connectivity index (χ4v) is 5.21. The molecule has 2 N–H and O–H groups in total. The van der Waals surface area contributed by atoms with Crippen LogP contribution in [0, 0.1) is 11.8 Å². The minimum atomic E-state index is -2.90. The lowest BCUT2D eigenvalue weighted by Gasteiger charge is -2.41. The smallest absolute Gasteiger partial charge is 0.150 e. The van der Waals surface area contributed by atoms with Crippen molar-refractivity contribution < 1.29 is 8.42 Å². The molecule has 0 aromatic rings. The molecule has 2 saturated carbocycles. The third kappa shape index (κ3) is 3.72. The van der Waals surface area contributed by atoms with E-state index in [-0.39, 0.29) is 10.8 Å². The molecule has 3 nitrogen and oxygen atoms in total. The molecule has 0 heterocycles. The SMILES string of the molecule is CC1CCCC(N)(C2CCCC(S(C)(=O)=O)C2)CC1. The quantitative estimate of drug-likeness (QED) is 0.794. The van der Waals surface area contributed by atoms with E-state index < -0.39 is 9.84 Å². The van der Waals surface area contributed by atoms with E-state index in [9.17, 15) is 8.42 Å². The second-order valence-electron chi connectivity index (χ2n) is 7.08. The van der Waals surface area contributed by atoms with E-state index in [1.54, 1.807) is 0 Å². The average Bonchev–Trinajstić information content (AvgIpc) is 2.52. The van der Waals surface area contributed by atoms with E-state index in [0.29, 0.717) is 5.92 Å². The van der Waals surface area contributed by atoms with Crippen LogP contribution in [0.4, 0.5) is 0 Å². The zero-order chi connectivity index (χ0) is 14.1. The van der Waals surface area contributed by atoms with Gasteiger partial charge in [0.1, 0.15) is 9.84 Å². The molecule has 2 fully saturated rings. The molecule has 4 atom stereocenters. The Morgan fingerprint density at radius 3 is 2.47 bits per heavy atom. The maximum absolute atomic E-state index is 11.8. The van der Waals surface area contributed by atoms with Crippen molar-refractivity contribution in [1.29, 1.82) is 0 Å². The predicted molar refractivity (Wildman–Crippen MR) is 79.8 cm³/mol. The summed E-state index contributed by atoms with van der Waals surface area (Å²) >= 11 is 0. The van der Waals surface area contributed by atoms with Gasteiger partial charge < -0.3 is 5.73 Å². The summed E-state index contributed by atoms with van der Waals surface area (Å²) in [4.78, 5) is 0. The summed E-state index contributed by atoms with van der Waals surface area (Å²) in [6, 6.07) is 0. The molecule has 0 saturated heterocycles. The molecule has 0 aromatic heterocycles. The summed E-state index contributed by atoms with van der Waals surface area (Å²) in [5, 5.41) is -0.146. The van der Waals surface area contributed by atoms with Crippen LogP contribution in [0.15, 0.2) is 0 Å². The Balaban J connectivity index is 2.07.